The summed E-state index contributed by atoms with van der Waals surface area (Å²) in [6.07, 6.45) is 5.92. The highest BCUT2D eigenvalue weighted by molar-refractivity contribution is 5.69. The molecule has 1 aromatic carbocycles. The maximum absolute atomic E-state index is 5.38. The van der Waals surface area contributed by atoms with Gasteiger partial charge in [0, 0.05) is 17.5 Å². The van der Waals surface area contributed by atoms with Gasteiger partial charge in [0.25, 0.3) is 0 Å². The predicted molar refractivity (Wildman–Crippen MR) is 70.5 cm³/mol. The normalized spacial score (nSPS) is 10.1. The Balaban J connectivity index is 2.54. The minimum atomic E-state index is 0.542. The number of ether oxygens (including phenoxy) is 1. The highest BCUT2D eigenvalue weighted by Gasteiger charge is 2.13. The molecule has 3 nitrogen and oxygen atoms in total. The van der Waals surface area contributed by atoms with Gasteiger partial charge < -0.3 is 9.26 Å². The predicted octanol–water partition coefficient (Wildman–Crippen LogP) is 3.14. The van der Waals surface area contributed by atoms with Gasteiger partial charge in [-0.05, 0) is 31.5 Å². The zero-order valence-corrected chi connectivity index (χ0v) is 10.8. The first-order chi connectivity index (χ1) is 8.67. The lowest BCUT2D eigenvalue weighted by atomic mass is 10.00. The van der Waals surface area contributed by atoms with Crippen molar-refractivity contribution in [2.45, 2.75) is 20.3 Å². The lowest BCUT2D eigenvalue weighted by molar-refractivity contribution is 0.393. The van der Waals surface area contributed by atoms with Gasteiger partial charge in [-0.3, -0.25) is 0 Å². The summed E-state index contributed by atoms with van der Waals surface area (Å²) in [4.78, 5) is 0. The Bertz CT molecular complexity index is 586. The quantitative estimate of drug-likeness (QED) is 0.774. The molecule has 0 atom stereocenters. The standard InChI is InChI=1S/C15H15NO2/c1-5-6-12-9-13(7-8-14(12)17-4)15-10(2)16-18-11(15)3/h1,7-9H,6H2,2-4H3. The number of aromatic nitrogens is 1. The fourth-order valence-electron chi connectivity index (χ4n) is 2.08. The SMILES string of the molecule is C#CCc1cc(-c2c(C)noc2C)ccc1OC. The number of terminal acetylenes is 1. The number of nitrogens with zero attached hydrogens (tertiary/aromatic N) is 1. The minimum absolute atomic E-state index is 0.542. The molecule has 0 unspecified atom stereocenters. The molecule has 0 N–H and O–H groups in total. The number of methoxy groups -OCH3 is 1. The van der Waals surface area contributed by atoms with Crippen molar-refractivity contribution in [3.8, 4) is 29.2 Å². The summed E-state index contributed by atoms with van der Waals surface area (Å²) < 4.78 is 10.5. The molecule has 0 aliphatic heterocycles. The first-order valence-corrected chi connectivity index (χ1v) is 5.71. The first kappa shape index (κ1) is 12.3. The molecule has 0 amide bonds. The molecule has 0 spiro atoms. The van der Waals surface area contributed by atoms with Crippen molar-refractivity contribution < 1.29 is 9.26 Å². The third-order valence-corrected chi connectivity index (χ3v) is 2.89. The summed E-state index contributed by atoms with van der Waals surface area (Å²) in [6, 6.07) is 5.95. The zero-order chi connectivity index (χ0) is 13.1. The first-order valence-electron chi connectivity index (χ1n) is 5.71. The number of hydrogen-bond donors (Lipinski definition) is 0. The van der Waals surface area contributed by atoms with E-state index in [0.717, 1.165) is 33.9 Å². The van der Waals surface area contributed by atoms with Crippen LogP contribution in [0.15, 0.2) is 22.7 Å². The van der Waals surface area contributed by atoms with Crippen molar-refractivity contribution in [3.05, 3.63) is 35.2 Å². The van der Waals surface area contributed by atoms with Crippen LogP contribution in [-0.2, 0) is 6.42 Å². The molecule has 0 aliphatic rings. The van der Waals surface area contributed by atoms with E-state index in [1.807, 2.05) is 32.0 Å². The molecule has 18 heavy (non-hydrogen) atoms. The van der Waals surface area contributed by atoms with Crippen LogP contribution in [0.2, 0.25) is 0 Å². The van der Waals surface area contributed by atoms with Crippen molar-refractivity contribution in [2.24, 2.45) is 0 Å². The van der Waals surface area contributed by atoms with Crippen molar-refractivity contribution in [3.63, 3.8) is 0 Å². The maximum Gasteiger partial charge on any atom is 0.141 e. The van der Waals surface area contributed by atoms with Crippen LogP contribution in [0.25, 0.3) is 11.1 Å². The minimum Gasteiger partial charge on any atom is -0.496 e. The van der Waals surface area contributed by atoms with Crippen LogP contribution in [-0.4, -0.2) is 12.3 Å². The van der Waals surface area contributed by atoms with Crippen LogP contribution < -0.4 is 4.74 Å². The highest BCUT2D eigenvalue weighted by atomic mass is 16.5. The summed E-state index contributed by atoms with van der Waals surface area (Å²) in [5, 5.41) is 3.96. The van der Waals surface area contributed by atoms with Crippen LogP contribution >= 0.6 is 0 Å². The fraction of sp³-hybridized carbons (Fsp3) is 0.267. The third kappa shape index (κ3) is 2.10. The van der Waals surface area contributed by atoms with Crippen LogP contribution in [0, 0.1) is 26.2 Å². The van der Waals surface area contributed by atoms with Gasteiger partial charge in [0.05, 0.1) is 12.8 Å². The van der Waals surface area contributed by atoms with Gasteiger partial charge in [-0.15, -0.1) is 12.3 Å². The molecule has 0 saturated heterocycles. The molecule has 0 saturated carbocycles. The highest BCUT2D eigenvalue weighted by Crippen LogP contribution is 2.31. The maximum atomic E-state index is 5.38. The molecule has 0 radical (unpaired) electrons. The van der Waals surface area contributed by atoms with Gasteiger partial charge in [0.1, 0.15) is 11.5 Å². The second-order valence-electron chi connectivity index (χ2n) is 4.11. The van der Waals surface area contributed by atoms with Gasteiger partial charge in [0.2, 0.25) is 0 Å². The second-order valence-corrected chi connectivity index (χ2v) is 4.11. The molecule has 0 bridgehead atoms. The van der Waals surface area contributed by atoms with E-state index >= 15 is 0 Å². The zero-order valence-electron chi connectivity index (χ0n) is 10.8. The van der Waals surface area contributed by atoms with E-state index in [4.69, 9.17) is 15.7 Å². The van der Waals surface area contributed by atoms with Gasteiger partial charge >= 0.3 is 0 Å². The Kier molecular flexibility index (Phi) is 3.38. The molecule has 1 heterocycles. The van der Waals surface area contributed by atoms with Gasteiger partial charge in [-0.1, -0.05) is 11.2 Å². The largest absolute Gasteiger partial charge is 0.496 e. The Labute approximate surface area is 107 Å². The van der Waals surface area contributed by atoms with E-state index in [9.17, 15) is 0 Å². The Hall–Kier alpha value is -2.21. The Morgan fingerprint density at radius 1 is 1.39 bits per heavy atom. The van der Waals surface area contributed by atoms with Crippen molar-refractivity contribution in [2.75, 3.05) is 7.11 Å². The number of aryl methyl sites for hydroxylation is 2. The van der Waals surface area contributed by atoms with Gasteiger partial charge in [0.15, 0.2) is 0 Å². The Morgan fingerprint density at radius 2 is 2.17 bits per heavy atom. The topological polar surface area (TPSA) is 35.3 Å². The van der Waals surface area contributed by atoms with Crippen LogP contribution in [0.1, 0.15) is 17.0 Å². The van der Waals surface area contributed by atoms with E-state index in [2.05, 4.69) is 11.1 Å². The van der Waals surface area contributed by atoms with E-state index in [1.165, 1.54) is 0 Å². The number of hydrogen-bond acceptors (Lipinski definition) is 3. The van der Waals surface area contributed by atoms with Crippen molar-refractivity contribution >= 4 is 0 Å². The summed E-state index contributed by atoms with van der Waals surface area (Å²) in [5.41, 5.74) is 3.95. The monoisotopic (exact) mass is 241 g/mol. The van der Waals surface area contributed by atoms with E-state index in [0.29, 0.717) is 6.42 Å². The number of rotatable bonds is 3. The molecule has 3 heteroatoms. The van der Waals surface area contributed by atoms with Crippen LogP contribution in [0.4, 0.5) is 0 Å². The smallest absolute Gasteiger partial charge is 0.141 e. The molecule has 1 aromatic heterocycles. The summed E-state index contributed by atoms with van der Waals surface area (Å²) in [7, 11) is 1.64. The van der Waals surface area contributed by atoms with Crippen molar-refractivity contribution in [1.82, 2.24) is 5.16 Å². The second kappa shape index (κ2) is 4.97. The lowest BCUT2D eigenvalue weighted by Crippen LogP contribution is -1.92. The summed E-state index contributed by atoms with van der Waals surface area (Å²) >= 11 is 0. The van der Waals surface area contributed by atoms with E-state index < -0.39 is 0 Å². The molecule has 92 valence electrons. The van der Waals surface area contributed by atoms with Gasteiger partial charge in [-0.25, -0.2) is 0 Å². The van der Waals surface area contributed by atoms with E-state index in [1.54, 1.807) is 7.11 Å². The van der Waals surface area contributed by atoms with E-state index in [-0.39, 0.29) is 0 Å². The average molecular weight is 241 g/mol. The molecule has 0 aliphatic carbocycles. The molecule has 2 aromatic rings. The molecular weight excluding hydrogens is 226 g/mol. The molecular formula is C15H15NO2. The molecule has 0 fully saturated rings. The third-order valence-electron chi connectivity index (χ3n) is 2.89. The summed E-state index contributed by atoms with van der Waals surface area (Å²) in [6.45, 7) is 3.83. The average Bonchev–Trinajstić information content (AvgIpc) is 2.69. The Morgan fingerprint density at radius 3 is 2.72 bits per heavy atom. The lowest BCUT2D eigenvalue weighted by Gasteiger charge is -2.08. The fourth-order valence-corrected chi connectivity index (χ4v) is 2.08. The number of benzene rings is 1. The van der Waals surface area contributed by atoms with Crippen LogP contribution in [0.5, 0.6) is 5.75 Å². The molecule has 2 rings (SSSR count). The van der Waals surface area contributed by atoms with Crippen LogP contribution in [0.3, 0.4) is 0 Å². The van der Waals surface area contributed by atoms with Crippen molar-refractivity contribution in [1.29, 1.82) is 0 Å². The summed E-state index contributed by atoms with van der Waals surface area (Å²) in [5.74, 6) is 4.26. The van der Waals surface area contributed by atoms with Gasteiger partial charge in [-0.2, -0.15) is 0 Å².